The molecule has 8 heteroatoms. The zero-order valence-electron chi connectivity index (χ0n) is 25.5. The summed E-state index contributed by atoms with van der Waals surface area (Å²) in [4.78, 5) is 42.9. The van der Waals surface area contributed by atoms with Crippen LogP contribution in [0, 0.1) is 26.7 Å². The zero-order chi connectivity index (χ0) is 30.2. The highest BCUT2D eigenvalue weighted by molar-refractivity contribution is 6.34. The van der Waals surface area contributed by atoms with Crippen LogP contribution in [0.4, 0.5) is 10.5 Å². The molecule has 0 aliphatic carbocycles. The number of carbonyl (C=O) groups excluding carboxylic acids is 3. The van der Waals surface area contributed by atoms with Gasteiger partial charge < -0.3 is 20.3 Å². The standard InChI is InChI=1S/C32H46ClN3O4/c1-10-11-12-19-36(30(38)26(20(2)3)35-31(39)40-32(7,8)9)28(24-17-13-15-21(4)23(24)6)29(37)34-27-22(5)16-14-18-25(27)33/h13-18,20,26,28H,10-12,19H2,1-9H3,(H,34,37)(H,35,39). The first-order valence-corrected chi connectivity index (χ1v) is 14.5. The Kier molecular flexibility index (Phi) is 12.0. The number of nitrogens with zero attached hydrogens (tertiary/aromatic N) is 1. The van der Waals surface area contributed by atoms with Crippen LogP contribution >= 0.6 is 11.6 Å². The summed E-state index contributed by atoms with van der Waals surface area (Å²) in [6, 6.07) is 9.35. The van der Waals surface area contributed by atoms with Gasteiger partial charge in [0.2, 0.25) is 5.91 Å². The minimum Gasteiger partial charge on any atom is -0.444 e. The molecule has 2 aromatic carbocycles. The van der Waals surface area contributed by atoms with E-state index in [0.29, 0.717) is 23.7 Å². The van der Waals surface area contributed by atoms with Crippen LogP contribution in [0.1, 0.15) is 89.1 Å². The monoisotopic (exact) mass is 571 g/mol. The number of carbonyl (C=O) groups is 3. The third-order valence-corrected chi connectivity index (χ3v) is 7.18. The van der Waals surface area contributed by atoms with Gasteiger partial charge in [-0.15, -0.1) is 0 Å². The molecule has 2 unspecified atom stereocenters. The van der Waals surface area contributed by atoms with Crippen molar-refractivity contribution in [3.63, 3.8) is 0 Å². The number of benzene rings is 2. The zero-order valence-corrected chi connectivity index (χ0v) is 26.2. The van der Waals surface area contributed by atoms with Crippen molar-refractivity contribution in [2.24, 2.45) is 5.92 Å². The quantitative estimate of drug-likeness (QED) is 0.273. The van der Waals surface area contributed by atoms with Crippen LogP contribution in [-0.4, -0.2) is 41.0 Å². The van der Waals surface area contributed by atoms with Crippen LogP contribution in [0.15, 0.2) is 36.4 Å². The number of anilines is 1. The van der Waals surface area contributed by atoms with Crippen LogP contribution in [0.25, 0.3) is 0 Å². The highest BCUT2D eigenvalue weighted by Crippen LogP contribution is 2.32. The first-order valence-electron chi connectivity index (χ1n) is 14.1. The van der Waals surface area contributed by atoms with E-state index in [2.05, 4.69) is 17.6 Å². The lowest BCUT2D eigenvalue weighted by molar-refractivity contribution is -0.141. The summed E-state index contributed by atoms with van der Waals surface area (Å²) in [5, 5.41) is 6.21. The molecule has 0 spiro atoms. The van der Waals surface area contributed by atoms with Gasteiger partial charge in [-0.1, -0.05) is 75.5 Å². The molecule has 2 atom stereocenters. The van der Waals surface area contributed by atoms with Gasteiger partial charge in [0, 0.05) is 6.54 Å². The molecule has 7 nitrogen and oxygen atoms in total. The Hall–Kier alpha value is -3.06. The summed E-state index contributed by atoms with van der Waals surface area (Å²) in [5.74, 6) is -0.953. The Bertz CT molecular complexity index is 1170. The van der Waals surface area contributed by atoms with Crippen LogP contribution in [0.2, 0.25) is 5.02 Å². The number of alkyl carbamates (subject to hydrolysis) is 1. The molecule has 0 aliphatic heterocycles. The van der Waals surface area contributed by atoms with E-state index in [9.17, 15) is 14.4 Å². The van der Waals surface area contributed by atoms with Gasteiger partial charge in [0.1, 0.15) is 17.7 Å². The second-order valence-corrected chi connectivity index (χ2v) is 12.1. The molecule has 0 saturated heterocycles. The highest BCUT2D eigenvalue weighted by atomic mass is 35.5. The largest absolute Gasteiger partial charge is 0.444 e. The molecule has 2 rings (SSSR count). The van der Waals surface area contributed by atoms with Gasteiger partial charge in [-0.05, 0) is 82.2 Å². The number of hydrogen-bond donors (Lipinski definition) is 2. The SMILES string of the molecule is CCCCCN(C(=O)C(NC(=O)OC(C)(C)C)C(C)C)C(C(=O)Nc1c(C)cccc1Cl)c1cccc(C)c1C. The maximum absolute atomic E-state index is 14.3. The van der Waals surface area contributed by atoms with Gasteiger partial charge >= 0.3 is 6.09 Å². The highest BCUT2D eigenvalue weighted by Gasteiger charge is 2.38. The number of hydrogen-bond acceptors (Lipinski definition) is 4. The number of halogens is 1. The molecule has 2 N–H and O–H groups in total. The summed E-state index contributed by atoms with van der Waals surface area (Å²) in [7, 11) is 0. The van der Waals surface area contributed by atoms with Gasteiger partial charge in [0.25, 0.3) is 5.91 Å². The fraction of sp³-hybridized carbons (Fsp3) is 0.531. The van der Waals surface area contributed by atoms with Crippen LogP contribution in [0.5, 0.6) is 0 Å². The lowest BCUT2D eigenvalue weighted by Crippen LogP contribution is -2.54. The molecule has 2 aromatic rings. The van der Waals surface area contributed by atoms with E-state index in [1.807, 2.05) is 65.0 Å². The van der Waals surface area contributed by atoms with E-state index in [1.54, 1.807) is 31.7 Å². The third-order valence-electron chi connectivity index (χ3n) is 6.86. The summed E-state index contributed by atoms with van der Waals surface area (Å²) in [6.45, 7) is 17.3. The molecular formula is C32H46ClN3O4. The number of para-hydroxylation sites is 1. The van der Waals surface area contributed by atoms with Crippen molar-refractivity contribution < 1.29 is 19.1 Å². The van der Waals surface area contributed by atoms with Crippen LogP contribution in [-0.2, 0) is 14.3 Å². The van der Waals surface area contributed by atoms with Crippen molar-refractivity contribution in [3.8, 4) is 0 Å². The van der Waals surface area contributed by atoms with Crippen LogP contribution in [0.3, 0.4) is 0 Å². The lowest BCUT2D eigenvalue weighted by atomic mass is 9.93. The summed E-state index contributed by atoms with van der Waals surface area (Å²) >= 11 is 6.47. The molecule has 0 bridgehead atoms. The Labute approximate surface area is 245 Å². The van der Waals surface area contributed by atoms with Crippen molar-refractivity contribution in [1.82, 2.24) is 10.2 Å². The molecule has 0 heterocycles. The van der Waals surface area contributed by atoms with Crippen molar-refractivity contribution in [2.45, 2.75) is 99.3 Å². The first kappa shape index (κ1) is 33.1. The second-order valence-electron chi connectivity index (χ2n) is 11.7. The Morgan fingerprint density at radius 2 is 1.60 bits per heavy atom. The number of aryl methyl sites for hydroxylation is 2. The normalized spacial score (nSPS) is 13.0. The van der Waals surface area contributed by atoms with Gasteiger partial charge in [-0.2, -0.15) is 0 Å². The first-order chi connectivity index (χ1) is 18.7. The van der Waals surface area contributed by atoms with E-state index in [0.717, 1.165) is 35.1 Å². The summed E-state index contributed by atoms with van der Waals surface area (Å²) < 4.78 is 5.46. The maximum Gasteiger partial charge on any atom is 0.408 e. The minimum atomic E-state index is -0.943. The molecule has 220 valence electrons. The van der Waals surface area contributed by atoms with Gasteiger partial charge in [0.05, 0.1) is 10.7 Å². The predicted molar refractivity (Wildman–Crippen MR) is 163 cm³/mol. The fourth-order valence-electron chi connectivity index (χ4n) is 4.53. The molecule has 3 amide bonds. The number of unbranched alkanes of at least 4 members (excludes halogenated alkanes) is 2. The Morgan fingerprint density at radius 3 is 2.17 bits per heavy atom. The van der Waals surface area contributed by atoms with Crippen molar-refractivity contribution >= 4 is 35.2 Å². The fourth-order valence-corrected chi connectivity index (χ4v) is 4.80. The van der Waals surface area contributed by atoms with E-state index in [-0.39, 0.29) is 17.7 Å². The molecule has 40 heavy (non-hydrogen) atoms. The molecule has 0 aliphatic rings. The van der Waals surface area contributed by atoms with Gasteiger partial charge in [-0.3, -0.25) is 9.59 Å². The van der Waals surface area contributed by atoms with Gasteiger partial charge in [0.15, 0.2) is 0 Å². The van der Waals surface area contributed by atoms with Gasteiger partial charge in [-0.25, -0.2) is 4.79 Å². The average Bonchev–Trinajstić information content (AvgIpc) is 2.85. The summed E-state index contributed by atoms with van der Waals surface area (Å²) in [5.41, 5.74) is 3.27. The second kappa shape index (κ2) is 14.5. The lowest BCUT2D eigenvalue weighted by Gasteiger charge is -2.36. The Morgan fingerprint density at radius 1 is 0.975 bits per heavy atom. The average molecular weight is 572 g/mol. The molecule has 0 radical (unpaired) electrons. The van der Waals surface area contributed by atoms with E-state index < -0.39 is 23.8 Å². The van der Waals surface area contributed by atoms with Crippen molar-refractivity contribution in [1.29, 1.82) is 0 Å². The van der Waals surface area contributed by atoms with Crippen LogP contribution < -0.4 is 10.6 Å². The van der Waals surface area contributed by atoms with E-state index >= 15 is 0 Å². The third kappa shape index (κ3) is 8.98. The number of nitrogens with one attached hydrogen (secondary N) is 2. The topological polar surface area (TPSA) is 87.7 Å². The molecule has 0 fully saturated rings. The van der Waals surface area contributed by atoms with Crippen molar-refractivity contribution in [3.05, 3.63) is 63.7 Å². The summed E-state index contributed by atoms with van der Waals surface area (Å²) in [6.07, 6.45) is 1.87. The molecular weight excluding hydrogens is 526 g/mol. The predicted octanol–water partition coefficient (Wildman–Crippen LogP) is 7.51. The number of rotatable bonds is 11. The minimum absolute atomic E-state index is 0.248. The van der Waals surface area contributed by atoms with E-state index in [4.69, 9.17) is 16.3 Å². The maximum atomic E-state index is 14.3. The Balaban J connectivity index is 2.63. The molecule has 0 saturated carbocycles. The van der Waals surface area contributed by atoms with Crippen molar-refractivity contribution in [2.75, 3.05) is 11.9 Å². The van der Waals surface area contributed by atoms with E-state index in [1.165, 1.54) is 0 Å². The number of ether oxygens (including phenoxy) is 1. The number of amides is 3. The molecule has 0 aromatic heterocycles. The smallest absolute Gasteiger partial charge is 0.408 e.